The fraction of sp³-hybridized carbons (Fsp3) is 0.269. The van der Waals surface area contributed by atoms with E-state index in [0.717, 1.165) is 54.3 Å². The van der Waals surface area contributed by atoms with Gasteiger partial charge in [-0.05, 0) is 50.5 Å². The van der Waals surface area contributed by atoms with Gasteiger partial charge < -0.3 is 8.98 Å². The summed E-state index contributed by atoms with van der Waals surface area (Å²) in [5.41, 5.74) is 3.16. The van der Waals surface area contributed by atoms with Crippen molar-refractivity contribution in [3.8, 4) is 28.5 Å². The van der Waals surface area contributed by atoms with Crippen molar-refractivity contribution >= 4 is 11.8 Å². The van der Waals surface area contributed by atoms with Crippen LogP contribution in [-0.2, 0) is 13.0 Å². The topological polar surface area (TPSA) is 91.6 Å². The molecule has 0 saturated carbocycles. The first-order valence-corrected chi connectivity index (χ1v) is 12.7. The molecule has 176 valence electrons. The molecule has 8 nitrogen and oxygen atoms in total. The first kappa shape index (κ1) is 21.8. The van der Waals surface area contributed by atoms with E-state index in [2.05, 4.69) is 19.9 Å². The normalized spacial score (nSPS) is 14.5. The zero-order valence-electron chi connectivity index (χ0n) is 19.3. The summed E-state index contributed by atoms with van der Waals surface area (Å²) in [6, 6.07) is 19.2. The molecule has 3 aliphatic heterocycles. The highest BCUT2D eigenvalue weighted by Gasteiger charge is 2.28. The van der Waals surface area contributed by atoms with Crippen molar-refractivity contribution in [1.29, 1.82) is 0 Å². The zero-order chi connectivity index (χ0) is 23.8. The molecular weight excluding hydrogens is 460 g/mol. The van der Waals surface area contributed by atoms with Crippen molar-refractivity contribution in [2.75, 3.05) is 0 Å². The Morgan fingerprint density at radius 2 is 1.74 bits per heavy atom. The van der Waals surface area contributed by atoms with Gasteiger partial charge in [-0.2, -0.15) is 4.68 Å². The van der Waals surface area contributed by atoms with Crippen LogP contribution in [0.15, 0.2) is 75.0 Å². The molecule has 0 fully saturated rings. The molecule has 9 heteroatoms. The van der Waals surface area contributed by atoms with Gasteiger partial charge >= 0.3 is 0 Å². The SMILES string of the molecule is CC(Sc1nc2nn(-c3ccccc3)c(=O)c-2c2n1CCCCC2)c1nnc(-c2ccccc2)o1. The number of nitrogens with zero attached hydrogens (tertiary/aromatic N) is 6. The number of thioether (sulfide) groups is 1. The molecule has 0 aliphatic carbocycles. The van der Waals surface area contributed by atoms with E-state index in [9.17, 15) is 4.79 Å². The number of para-hydroxylation sites is 1. The third-order valence-electron chi connectivity index (χ3n) is 6.26. The summed E-state index contributed by atoms with van der Waals surface area (Å²) < 4.78 is 9.65. The van der Waals surface area contributed by atoms with E-state index in [1.165, 1.54) is 4.68 Å². The lowest BCUT2D eigenvalue weighted by Crippen LogP contribution is -2.19. The van der Waals surface area contributed by atoms with Gasteiger partial charge in [-0.1, -0.05) is 54.6 Å². The molecule has 3 aromatic rings. The fourth-order valence-corrected chi connectivity index (χ4v) is 5.47. The fourth-order valence-electron chi connectivity index (χ4n) is 4.49. The van der Waals surface area contributed by atoms with Crippen LogP contribution in [0.4, 0.5) is 0 Å². The monoisotopic (exact) mass is 484 g/mol. The summed E-state index contributed by atoms with van der Waals surface area (Å²) in [6.45, 7) is 2.85. The number of fused-ring (bicyclic) bond motifs is 3. The number of aromatic nitrogens is 6. The molecule has 6 rings (SSSR count). The van der Waals surface area contributed by atoms with E-state index in [4.69, 9.17) is 9.40 Å². The van der Waals surface area contributed by atoms with Crippen molar-refractivity contribution in [1.82, 2.24) is 29.5 Å². The number of rotatable bonds is 5. The first-order valence-electron chi connectivity index (χ1n) is 11.8. The van der Waals surface area contributed by atoms with E-state index in [0.29, 0.717) is 23.2 Å². The Kier molecular flexibility index (Phi) is 5.69. The van der Waals surface area contributed by atoms with Crippen LogP contribution in [0.3, 0.4) is 0 Å². The van der Waals surface area contributed by atoms with Crippen LogP contribution in [0.1, 0.15) is 43.0 Å². The van der Waals surface area contributed by atoms with Gasteiger partial charge in [-0.3, -0.25) is 4.79 Å². The summed E-state index contributed by atoms with van der Waals surface area (Å²) in [5, 5.41) is 13.9. The standard InChI is InChI=1S/C26H24N6O2S/c1-17(23-28-29-24(34-23)18-11-5-2-6-12-18)35-26-27-22-21(20-15-9-4-10-16-31(20)26)25(33)32(30-22)19-13-7-3-8-14-19/h2-3,5-8,11-14,17H,4,9-10,15-16H2,1H3. The lowest BCUT2D eigenvalue weighted by atomic mass is 10.1. The van der Waals surface area contributed by atoms with Crippen LogP contribution >= 0.6 is 11.8 Å². The molecular formula is C26H24N6O2S. The van der Waals surface area contributed by atoms with Crippen molar-refractivity contribution in [2.45, 2.75) is 49.6 Å². The second kappa shape index (κ2) is 9.14. The lowest BCUT2D eigenvalue weighted by molar-refractivity contribution is 0.507. The van der Waals surface area contributed by atoms with Gasteiger partial charge in [0.1, 0.15) is 5.56 Å². The van der Waals surface area contributed by atoms with Gasteiger partial charge in [-0.25, -0.2) is 4.98 Å². The van der Waals surface area contributed by atoms with Crippen LogP contribution in [0.2, 0.25) is 0 Å². The minimum absolute atomic E-state index is 0.113. The smallest absolute Gasteiger partial charge is 0.284 e. The van der Waals surface area contributed by atoms with Crippen LogP contribution < -0.4 is 5.56 Å². The highest BCUT2D eigenvalue weighted by Crippen LogP contribution is 2.37. The molecule has 0 spiro atoms. The average Bonchev–Trinajstić information content (AvgIpc) is 3.43. The van der Waals surface area contributed by atoms with Crippen molar-refractivity contribution in [3.63, 3.8) is 0 Å². The van der Waals surface area contributed by atoms with Gasteiger partial charge in [0.2, 0.25) is 11.8 Å². The molecule has 0 radical (unpaired) electrons. The third kappa shape index (κ3) is 4.05. The lowest BCUT2D eigenvalue weighted by Gasteiger charge is -2.18. The first-order chi connectivity index (χ1) is 17.2. The summed E-state index contributed by atoms with van der Waals surface area (Å²) in [7, 11) is 0. The van der Waals surface area contributed by atoms with Gasteiger partial charge in [0, 0.05) is 17.8 Å². The molecule has 35 heavy (non-hydrogen) atoms. The Bertz CT molecular complexity index is 1490. The highest BCUT2D eigenvalue weighted by atomic mass is 32.2. The van der Waals surface area contributed by atoms with E-state index in [-0.39, 0.29) is 10.8 Å². The number of hydrogen-bond donors (Lipinski definition) is 0. The predicted octanol–water partition coefficient (Wildman–Crippen LogP) is 5.16. The van der Waals surface area contributed by atoms with Crippen LogP contribution in [0.5, 0.6) is 0 Å². The Balaban J connectivity index is 1.40. The molecule has 3 aliphatic rings. The van der Waals surface area contributed by atoms with Gasteiger partial charge in [0.25, 0.3) is 5.56 Å². The molecule has 0 saturated heterocycles. The number of hydrogen-bond acceptors (Lipinski definition) is 7. The summed E-state index contributed by atoms with van der Waals surface area (Å²) in [5.74, 6) is 1.52. The summed E-state index contributed by atoms with van der Waals surface area (Å²) in [6.07, 6.45) is 4.04. The van der Waals surface area contributed by atoms with Crippen molar-refractivity contribution < 1.29 is 4.42 Å². The second-order valence-corrected chi connectivity index (χ2v) is 9.93. The molecule has 0 bridgehead atoms. The Morgan fingerprint density at radius 3 is 2.54 bits per heavy atom. The van der Waals surface area contributed by atoms with E-state index >= 15 is 0 Å². The van der Waals surface area contributed by atoms with E-state index in [1.54, 1.807) is 11.8 Å². The highest BCUT2D eigenvalue weighted by molar-refractivity contribution is 7.99. The maximum absolute atomic E-state index is 13.4. The molecule has 0 amide bonds. The molecule has 1 aromatic heterocycles. The quantitative estimate of drug-likeness (QED) is 0.251. The minimum atomic E-state index is -0.118. The number of benzene rings is 2. The van der Waals surface area contributed by atoms with Crippen LogP contribution in [-0.4, -0.2) is 29.5 Å². The minimum Gasteiger partial charge on any atom is -0.419 e. The molecule has 1 unspecified atom stereocenters. The Morgan fingerprint density at radius 1 is 0.971 bits per heavy atom. The van der Waals surface area contributed by atoms with Gasteiger partial charge in [-0.15, -0.1) is 15.3 Å². The largest absolute Gasteiger partial charge is 0.419 e. The molecule has 0 N–H and O–H groups in total. The molecule has 2 aromatic carbocycles. The predicted molar refractivity (Wildman–Crippen MR) is 134 cm³/mol. The Labute approximate surface area is 206 Å². The Hall–Kier alpha value is -3.72. The zero-order valence-corrected chi connectivity index (χ0v) is 20.1. The summed E-state index contributed by atoms with van der Waals surface area (Å²) in [4.78, 5) is 18.3. The van der Waals surface area contributed by atoms with Gasteiger partial charge in [0.15, 0.2) is 11.0 Å². The van der Waals surface area contributed by atoms with E-state index < -0.39 is 0 Å². The van der Waals surface area contributed by atoms with E-state index in [1.807, 2.05) is 67.6 Å². The van der Waals surface area contributed by atoms with Crippen LogP contribution in [0.25, 0.3) is 28.5 Å². The van der Waals surface area contributed by atoms with Crippen molar-refractivity contribution in [3.05, 3.63) is 82.6 Å². The van der Waals surface area contributed by atoms with Crippen LogP contribution in [0, 0.1) is 0 Å². The summed E-state index contributed by atoms with van der Waals surface area (Å²) >= 11 is 1.56. The maximum Gasteiger partial charge on any atom is 0.284 e. The maximum atomic E-state index is 13.4. The third-order valence-corrected chi connectivity index (χ3v) is 7.34. The average molecular weight is 485 g/mol. The second-order valence-electron chi connectivity index (χ2n) is 8.63. The molecule has 4 heterocycles. The van der Waals surface area contributed by atoms with Crippen molar-refractivity contribution in [2.24, 2.45) is 0 Å². The molecule has 1 atom stereocenters. The van der Waals surface area contributed by atoms with Gasteiger partial charge in [0.05, 0.1) is 10.9 Å².